The Morgan fingerprint density at radius 1 is 1.12 bits per heavy atom. The number of fused-ring (bicyclic) bond motifs is 3. The summed E-state index contributed by atoms with van der Waals surface area (Å²) in [5.41, 5.74) is 5.93. The Morgan fingerprint density at radius 2 is 1.94 bits per heavy atom. The summed E-state index contributed by atoms with van der Waals surface area (Å²) >= 11 is 0. The molecule has 0 aliphatic heterocycles. The average molecular weight is 211 g/mol. The molecule has 0 atom stereocenters. The summed E-state index contributed by atoms with van der Waals surface area (Å²) in [4.78, 5) is 18.5. The Kier molecular flexibility index (Phi) is 1.71. The Hall–Kier alpha value is -2.36. The van der Waals surface area contributed by atoms with Gasteiger partial charge in [-0.25, -0.2) is 4.98 Å². The fourth-order valence-electron chi connectivity index (χ4n) is 1.93. The number of aromatic nitrogens is 2. The third kappa shape index (κ3) is 1.16. The topological polar surface area (TPSA) is 71.8 Å². The number of hydrogen-bond donors (Lipinski definition) is 2. The lowest BCUT2D eigenvalue weighted by Crippen LogP contribution is -2.11. The first-order chi connectivity index (χ1) is 7.75. The summed E-state index contributed by atoms with van der Waals surface area (Å²) in [5, 5.41) is 2.51. The van der Waals surface area contributed by atoms with Crippen LogP contribution in [0, 0.1) is 0 Å². The number of nitrogens with two attached hydrogens (primary N) is 1. The van der Waals surface area contributed by atoms with E-state index in [0.29, 0.717) is 10.9 Å². The molecule has 0 bridgehead atoms. The number of nitrogens with zero attached hydrogens (tertiary/aromatic N) is 1. The van der Waals surface area contributed by atoms with Crippen molar-refractivity contribution in [1.82, 2.24) is 9.97 Å². The maximum Gasteiger partial charge on any atom is 0.260 e. The van der Waals surface area contributed by atoms with E-state index in [9.17, 15) is 4.79 Å². The molecule has 4 nitrogen and oxygen atoms in total. The van der Waals surface area contributed by atoms with E-state index in [2.05, 4.69) is 9.97 Å². The van der Waals surface area contributed by atoms with Crippen molar-refractivity contribution in [3.8, 4) is 0 Å². The van der Waals surface area contributed by atoms with Gasteiger partial charge in [-0.2, -0.15) is 0 Å². The molecular weight excluding hydrogens is 202 g/mol. The highest BCUT2D eigenvalue weighted by Gasteiger charge is 2.05. The molecular formula is C12H9N3O. The van der Waals surface area contributed by atoms with E-state index in [1.54, 1.807) is 0 Å². The maximum absolute atomic E-state index is 11.8. The number of hydrogen-bond acceptors (Lipinski definition) is 3. The molecule has 0 saturated carbocycles. The number of nitrogen functional groups attached to an aromatic ring is 1. The van der Waals surface area contributed by atoms with E-state index in [0.717, 1.165) is 10.8 Å². The molecule has 3 aromatic rings. The number of aromatic amines is 1. The normalized spacial score (nSPS) is 11.0. The van der Waals surface area contributed by atoms with E-state index in [1.165, 1.54) is 0 Å². The molecule has 0 fully saturated rings. The molecule has 4 heteroatoms. The molecule has 1 aromatic heterocycles. The maximum atomic E-state index is 11.8. The first kappa shape index (κ1) is 8.91. The third-order valence-corrected chi connectivity index (χ3v) is 2.62. The lowest BCUT2D eigenvalue weighted by Gasteiger charge is -2.02. The molecule has 0 unspecified atom stereocenters. The van der Waals surface area contributed by atoms with Gasteiger partial charge in [0.25, 0.3) is 5.56 Å². The lowest BCUT2D eigenvalue weighted by molar-refractivity contribution is 1.19. The fourth-order valence-corrected chi connectivity index (χ4v) is 1.93. The van der Waals surface area contributed by atoms with Crippen LogP contribution in [0.3, 0.4) is 0 Å². The molecule has 0 aliphatic rings. The van der Waals surface area contributed by atoms with E-state index in [4.69, 9.17) is 5.73 Å². The van der Waals surface area contributed by atoms with Gasteiger partial charge in [-0.15, -0.1) is 0 Å². The molecule has 2 aromatic carbocycles. The van der Waals surface area contributed by atoms with Crippen LogP contribution >= 0.6 is 0 Å². The van der Waals surface area contributed by atoms with Gasteiger partial charge >= 0.3 is 0 Å². The van der Waals surface area contributed by atoms with Crippen LogP contribution in [-0.2, 0) is 0 Å². The Morgan fingerprint density at radius 3 is 2.81 bits per heavy atom. The van der Waals surface area contributed by atoms with E-state index in [1.807, 2.05) is 36.4 Å². The van der Waals surface area contributed by atoms with Gasteiger partial charge in [0, 0.05) is 0 Å². The zero-order valence-electron chi connectivity index (χ0n) is 8.40. The van der Waals surface area contributed by atoms with Gasteiger partial charge in [-0.3, -0.25) is 9.78 Å². The van der Waals surface area contributed by atoms with Gasteiger partial charge in [0.15, 0.2) is 0 Å². The number of rotatable bonds is 0. The molecule has 1 heterocycles. The summed E-state index contributed by atoms with van der Waals surface area (Å²) in [7, 11) is 0. The van der Waals surface area contributed by atoms with Gasteiger partial charge in [0.05, 0.1) is 10.9 Å². The summed E-state index contributed by atoms with van der Waals surface area (Å²) in [6.07, 6.45) is 0. The van der Waals surface area contributed by atoms with Crippen LogP contribution < -0.4 is 11.3 Å². The van der Waals surface area contributed by atoms with Gasteiger partial charge in [0.1, 0.15) is 0 Å². The zero-order chi connectivity index (χ0) is 11.1. The first-order valence-corrected chi connectivity index (χ1v) is 4.93. The molecule has 0 radical (unpaired) electrons. The summed E-state index contributed by atoms with van der Waals surface area (Å²) < 4.78 is 0. The van der Waals surface area contributed by atoms with Gasteiger partial charge in [0.2, 0.25) is 5.95 Å². The Labute approximate surface area is 90.7 Å². The minimum atomic E-state index is -0.195. The highest BCUT2D eigenvalue weighted by molar-refractivity contribution is 6.05. The van der Waals surface area contributed by atoms with Crippen molar-refractivity contribution in [3.63, 3.8) is 0 Å². The SMILES string of the molecule is Nc1nc2ccc3ccccc3c2c(=O)[nH]1. The van der Waals surface area contributed by atoms with Crippen molar-refractivity contribution in [1.29, 1.82) is 0 Å². The number of anilines is 1. The standard InChI is InChI=1S/C12H9N3O/c13-12-14-9-6-5-7-3-1-2-4-8(7)10(9)11(16)15-12/h1-6H,(H3,13,14,15,16). The predicted molar refractivity (Wildman–Crippen MR) is 64.3 cm³/mol. The van der Waals surface area contributed by atoms with Crippen molar-refractivity contribution in [2.45, 2.75) is 0 Å². The minimum absolute atomic E-state index is 0.146. The summed E-state index contributed by atoms with van der Waals surface area (Å²) in [6.45, 7) is 0. The van der Waals surface area contributed by atoms with Crippen molar-refractivity contribution in [2.75, 3.05) is 5.73 Å². The quantitative estimate of drug-likeness (QED) is 0.555. The summed E-state index contributed by atoms with van der Waals surface area (Å²) in [6, 6.07) is 11.5. The molecule has 0 aliphatic carbocycles. The molecule has 0 amide bonds. The van der Waals surface area contributed by atoms with Crippen LogP contribution in [0.2, 0.25) is 0 Å². The Bertz CT molecular complexity index is 746. The number of benzene rings is 2. The molecule has 0 saturated heterocycles. The number of nitrogens with one attached hydrogen (secondary N) is 1. The summed E-state index contributed by atoms with van der Waals surface area (Å²) in [5.74, 6) is 0.146. The van der Waals surface area contributed by atoms with Crippen molar-refractivity contribution in [2.24, 2.45) is 0 Å². The molecule has 0 spiro atoms. The van der Waals surface area contributed by atoms with Crippen LogP contribution in [0.5, 0.6) is 0 Å². The van der Waals surface area contributed by atoms with E-state index < -0.39 is 0 Å². The third-order valence-electron chi connectivity index (χ3n) is 2.62. The van der Waals surface area contributed by atoms with Crippen LogP contribution in [0.15, 0.2) is 41.2 Å². The second-order valence-corrected chi connectivity index (χ2v) is 3.63. The van der Waals surface area contributed by atoms with Crippen LogP contribution in [0.25, 0.3) is 21.7 Å². The largest absolute Gasteiger partial charge is 0.369 e. The molecule has 16 heavy (non-hydrogen) atoms. The van der Waals surface area contributed by atoms with Crippen molar-refractivity contribution in [3.05, 3.63) is 46.8 Å². The number of H-pyrrole nitrogens is 1. The molecule has 78 valence electrons. The fraction of sp³-hybridized carbons (Fsp3) is 0. The monoisotopic (exact) mass is 211 g/mol. The zero-order valence-corrected chi connectivity index (χ0v) is 8.40. The predicted octanol–water partition coefficient (Wildman–Crippen LogP) is 1.66. The second-order valence-electron chi connectivity index (χ2n) is 3.63. The van der Waals surface area contributed by atoms with Crippen molar-refractivity contribution >= 4 is 27.6 Å². The van der Waals surface area contributed by atoms with Crippen LogP contribution in [-0.4, -0.2) is 9.97 Å². The highest BCUT2D eigenvalue weighted by Crippen LogP contribution is 2.21. The molecule has 3 rings (SSSR count). The van der Waals surface area contributed by atoms with Gasteiger partial charge in [-0.1, -0.05) is 30.3 Å². The average Bonchev–Trinajstić information content (AvgIpc) is 2.28. The van der Waals surface area contributed by atoms with Crippen LogP contribution in [0.4, 0.5) is 5.95 Å². The lowest BCUT2D eigenvalue weighted by atomic mass is 10.1. The van der Waals surface area contributed by atoms with E-state index >= 15 is 0 Å². The molecule has 3 N–H and O–H groups in total. The Balaban J connectivity index is 2.65. The first-order valence-electron chi connectivity index (χ1n) is 4.93. The van der Waals surface area contributed by atoms with Crippen molar-refractivity contribution < 1.29 is 0 Å². The minimum Gasteiger partial charge on any atom is -0.369 e. The second kappa shape index (κ2) is 3.06. The van der Waals surface area contributed by atoms with Gasteiger partial charge < -0.3 is 5.73 Å². The van der Waals surface area contributed by atoms with Crippen LogP contribution in [0.1, 0.15) is 0 Å². The van der Waals surface area contributed by atoms with E-state index in [-0.39, 0.29) is 11.5 Å². The smallest absolute Gasteiger partial charge is 0.260 e. The van der Waals surface area contributed by atoms with Gasteiger partial charge in [-0.05, 0) is 16.8 Å². The highest BCUT2D eigenvalue weighted by atomic mass is 16.1.